The van der Waals surface area contributed by atoms with Crippen molar-refractivity contribution in [1.29, 1.82) is 0 Å². The van der Waals surface area contributed by atoms with E-state index in [-0.39, 0.29) is 18.0 Å². The van der Waals surface area contributed by atoms with Crippen LogP contribution in [0.15, 0.2) is 24.3 Å². The van der Waals surface area contributed by atoms with Crippen molar-refractivity contribution in [2.45, 2.75) is 17.3 Å². The zero-order valence-corrected chi connectivity index (χ0v) is 11.7. The SMILES string of the molecule is Cc1ccc(-n2nnc(CO)c2C(Cl)(Cl)Cl)cc1. The molecule has 1 heterocycles. The number of hydrogen-bond acceptors (Lipinski definition) is 3. The average molecular weight is 307 g/mol. The van der Waals surface area contributed by atoms with Gasteiger partial charge >= 0.3 is 0 Å². The van der Waals surface area contributed by atoms with E-state index in [1.54, 1.807) is 0 Å². The summed E-state index contributed by atoms with van der Waals surface area (Å²) in [5, 5.41) is 16.9. The van der Waals surface area contributed by atoms with Gasteiger partial charge < -0.3 is 5.11 Å². The summed E-state index contributed by atoms with van der Waals surface area (Å²) >= 11 is 17.7. The second-order valence-corrected chi connectivity index (χ2v) is 6.07. The fraction of sp³-hybridized carbons (Fsp3) is 0.273. The van der Waals surface area contributed by atoms with Gasteiger partial charge in [0.2, 0.25) is 3.79 Å². The van der Waals surface area contributed by atoms with E-state index in [9.17, 15) is 5.11 Å². The highest BCUT2D eigenvalue weighted by molar-refractivity contribution is 6.66. The van der Waals surface area contributed by atoms with Crippen LogP contribution in [0.3, 0.4) is 0 Å². The number of aliphatic hydroxyl groups is 1. The van der Waals surface area contributed by atoms with Gasteiger partial charge in [-0.3, -0.25) is 0 Å². The molecule has 1 aromatic carbocycles. The van der Waals surface area contributed by atoms with Crippen LogP contribution in [0.4, 0.5) is 0 Å². The lowest BCUT2D eigenvalue weighted by atomic mass is 10.2. The lowest BCUT2D eigenvalue weighted by Gasteiger charge is -2.14. The number of rotatable bonds is 2. The quantitative estimate of drug-likeness (QED) is 0.868. The van der Waals surface area contributed by atoms with Crippen LogP contribution < -0.4 is 0 Å². The molecule has 0 atom stereocenters. The van der Waals surface area contributed by atoms with Crippen LogP contribution in [0.25, 0.3) is 5.69 Å². The number of alkyl halides is 3. The van der Waals surface area contributed by atoms with E-state index in [1.807, 2.05) is 31.2 Å². The summed E-state index contributed by atoms with van der Waals surface area (Å²) < 4.78 is -0.287. The third kappa shape index (κ3) is 2.62. The predicted octanol–water partition coefficient (Wildman–Crippen LogP) is 2.89. The van der Waals surface area contributed by atoms with Crippen molar-refractivity contribution < 1.29 is 5.11 Å². The Labute approximate surface area is 119 Å². The van der Waals surface area contributed by atoms with Crippen molar-refractivity contribution in [3.63, 3.8) is 0 Å². The molecule has 2 aromatic rings. The van der Waals surface area contributed by atoms with E-state index in [4.69, 9.17) is 34.8 Å². The van der Waals surface area contributed by atoms with E-state index in [0.717, 1.165) is 5.56 Å². The van der Waals surface area contributed by atoms with Crippen molar-refractivity contribution in [3.8, 4) is 5.69 Å². The molecule has 1 N–H and O–H groups in total. The Morgan fingerprint density at radius 2 is 1.83 bits per heavy atom. The number of benzene rings is 1. The number of nitrogens with zero attached hydrogens (tertiary/aromatic N) is 3. The maximum Gasteiger partial charge on any atom is 0.234 e. The molecular weight excluding hydrogens is 297 g/mol. The van der Waals surface area contributed by atoms with Gasteiger partial charge in [0.15, 0.2) is 0 Å². The van der Waals surface area contributed by atoms with Crippen LogP contribution in [0.1, 0.15) is 17.0 Å². The predicted molar refractivity (Wildman–Crippen MR) is 71.3 cm³/mol. The third-order valence-corrected chi connectivity index (χ3v) is 2.97. The molecule has 7 heteroatoms. The maximum absolute atomic E-state index is 9.19. The van der Waals surface area contributed by atoms with E-state index < -0.39 is 3.79 Å². The van der Waals surface area contributed by atoms with Gasteiger partial charge in [0, 0.05) is 0 Å². The molecule has 18 heavy (non-hydrogen) atoms. The molecule has 0 aliphatic heterocycles. The summed E-state index contributed by atoms with van der Waals surface area (Å²) in [6.45, 7) is 1.63. The molecule has 0 radical (unpaired) electrons. The number of hydrogen-bond donors (Lipinski definition) is 1. The molecule has 2 rings (SSSR count). The molecular formula is C11H10Cl3N3O. The summed E-state index contributed by atoms with van der Waals surface area (Å²) in [6, 6.07) is 7.51. The Balaban J connectivity index is 2.58. The van der Waals surface area contributed by atoms with Crippen LogP contribution in [0.2, 0.25) is 0 Å². The zero-order valence-electron chi connectivity index (χ0n) is 9.44. The van der Waals surface area contributed by atoms with Gasteiger partial charge in [0.25, 0.3) is 0 Å². The lowest BCUT2D eigenvalue weighted by molar-refractivity contribution is 0.275. The average Bonchev–Trinajstić information content (AvgIpc) is 2.73. The molecule has 0 aliphatic carbocycles. The van der Waals surface area contributed by atoms with E-state index in [1.165, 1.54) is 4.68 Å². The highest BCUT2D eigenvalue weighted by Crippen LogP contribution is 2.40. The van der Waals surface area contributed by atoms with Crippen LogP contribution >= 0.6 is 34.8 Å². The molecule has 0 bridgehead atoms. The Morgan fingerprint density at radius 1 is 1.22 bits per heavy atom. The molecule has 0 amide bonds. The van der Waals surface area contributed by atoms with Gasteiger partial charge in [-0.25, -0.2) is 4.68 Å². The smallest absolute Gasteiger partial charge is 0.234 e. The summed E-state index contributed by atoms with van der Waals surface area (Å²) in [5.74, 6) is 0. The maximum atomic E-state index is 9.19. The van der Waals surface area contributed by atoms with Crippen LogP contribution in [-0.4, -0.2) is 20.1 Å². The van der Waals surface area contributed by atoms with Crippen LogP contribution in [-0.2, 0) is 10.4 Å². The summed E-state index contributed by atoms with van der Waals surface area (Å²) in [6.07, 6.45) is 0. The standard InChI is InChI=1S/C11H10Cl3N3O/c1-7-2-4-8(5-3-7)17-10(11(12,13)14)9(6-18)15-16-17/h2-5,18H,6H2,1H3. The zero-order chi connectivity index (χ0) is 13.3. The molecule has 0 fully saturated rings. The normalized spacial score (nSPS) is 11.8. The van der Waals surface area contributed by atoms with Gasteiger partial charge in [-0.2, -0.15) is 0 Å². The summed E-state index contributed by atoms with van der Waals surface area (Å²) in [4.78, 5) is 0. The first-order valence-corrected chi connectivity index (χ1v) is 6.26. The molecule has 0 saturated heterocycles. The van der Waals surface area contributed by atoms with Gasteiger partial charge in [-0.05, 0) is 19.1 Å². The molecule has 0 spiro atoms. The molecule has 1 aromatic heterocycles. The van der Waals surface area contributed by atoms with Crippen LogP contribution in [0.5, 0.6) is 0 Å². The summed E-state index contributed by atoms with van der Waals surface area (Å²) in [5.41, 5.74) is 2.32. The first-order valence-electron chi connectivity index (χ1n) is 5.13. The van der Waals surface area contributed by atoms with Gasteiger partial charge in [-0.15, -0.1) is 5.10 Å². The number of aliphatic hydroxyl groups excluding tert-OH is 1. The minimum atomic E-state index is -1.70. The number of aryl methyl sites for hydroxylation is 1. The molecule has 0 saturated carbocycles. The minimum Gasteiger partial charge on any atom is -0.390 e. The second-order valence-electron chi connectivity index (χ2n) is 3.79. The van der Waals surface area contributed by atoms with Gasteiger partial charge in [-0.1, -0.05) is 57.7 Å². The van der Waals surface area contributed by atoms with Crippen molar-refractivity contribution in [2.24, 2.45) is 0 Å². The van der Waals surface area contributed by atoms with E-state index >= 15 is 0 Å². The van der Waals surface area contributed by atoms with Crippen molar-refractivity contribution >= 4 is 34.8 Å². The highest BCUT2D eigenvalue weighted by Gasteiger charge is 2.32. The Bertz CT molecular complexity index is 546. The lowest BCUT2D eigenvalue weighted by Crippen LogP contribution is -2.12. The second kappa shape index (κ2) is 5.05. The fourth-order valence-electron chi connectivity index (χ4n) is 1.57. The van der Waals surface area contributed by atoms with Gasteiger partial charge in [0.1, 0.15) is 11.4 Å². The highest BCUT2D eigenvalue weighted by atomic mass is 35.6. The van der Waals surface area contributed by atoms with Crippen molar-refractivity contribution in [3.05, 3.63) is 41.2 Å². The first kappa shape index (κ1) is 13.6. The van der Waals surface area contributed by atoms with E-state index in [2.05, 4.69) is 10.3 Å². The minimum absolute atomic E-state index is 0.246. The van der Waals surface area contributed by atoms with Gasteiger partial charge in [0.05, 0.1) is 12.3 Å². The monoisotopic (exact) mass is 305 g/mol. The van der Waals surface area contributed by atoms with Crippen LogP contribution in [0, 0.1) is 6.92 Å². The fourth-order valence-corrected chi connectivity index (χ4v) is 2.14. The Kier molecular flexibility index (Phi) is 3.82. The molecule has 0 aliphatic rings. The third-order valence-electron chi connectivity index (χ3n) is 2.44. The Hall–Kier alpha value is -0.810. The molecule has 96 valence electrons. The molecule has 4 nitrogen and oxygen atoms in total. The molecule has 0 unspecified atom stereocenters. The van der Waals surface area contributed by atoms with Crippen molar-refractivity contribution in [1.82, 2.24) is 15.0 Å². The summed E-state index contributed by atoms with van der Waals surface area (Å²) in [7, 11) is 0. The first-order chi connectivity index (χ1) is 8.43. The van der Waals surface area contributed by atoms with E-state index in [0.29, 0.717) is 5.69 Å². The number of halogens is 3. The number of aromatic nitrogens is 3. The topological polar surface area (TPSA) is 50.9 Å². The van der Waals surface area contributed by atoms with Crippen molar-refractivity contribution in [2.75, 3.05) is 0 Å². The Morgan fingerprint density at radius 3 is 2.33 bits per heavy atom. The largest absolute Gasteiger partial charge is 0.390 e.